The lowest BCUT2D eigenvalue weighted by molar-refractivity contribution is 0.0850. The third kappa shape index (κ3) is 3.92. The second-order valence-corrected chi connectivity index (χ2v) is 9.87. The van der Waals surface area contributed by atoms with Crippen molar-refractivity contribution in [2.45, 2.75) is 31.1 Å². The van der Waals surface area contributed by atoms with Crippen molar-refractivity contribution in [3.8, 4) is 22.7 Å². The highest BCUT2D eigenvalue weighted by Gasteiger charge is 2.57. The molecule has 4 aromatic heterocycles. The van der Waals surface area contributed by atoms with Crippen molar-refractivity contribution in [1.82, 2.24) is 29.5 Å². The molecule has 0 amide bonds. The van der Waals surface area contributed by atoms with Gasteiger partial charge in [-0.3, -0.25) is 14.5 Å². The largest absolute Gasteiger partial charge is 0.477 e. The van der Waals surface area contributed by atoms with Crippen LogP contribution in [0.3, 0.4) is 0 Å². The molecule has 186 valence electrons. The summed E-state index contributed by atoms with van der Waals surface area (Å²) in [4.78, 5) is 23.0. The summed E-state index contributed by atoms with van der Waals surface area (Å²) in [5, 5.41) is 9.87. The summed E-state index contributed by atoms with van der Waals surface area (Å²) in [6.07, 6.45) is 5.63. The van der Waals surface area contributed by atoms with Crippen LogP contribution in [0.1, 0.15) is 30.9 Å². The number of aryl methyl sites for hydroxylation is 1. The maximum absolute atomic E-state index is 13.9. The number of benzene rings is 1. The first kappa shape index (κ1) is 22.0. The van der Waals surface area contributed by atoms with Crippen molar-refractivity contribution >= 4 is 21.9 Å². The molecule has 0 aliphatic heterocycles. The highest BCUT2D eigenvalue weighted by Crippen LogP contribution is 2.48. The van der Waals surface area contributed by atoms with Crippen molar-refractivity contribution in [3.05, 3.63) is 70.9 Å². The molecule has 2 fully saturated rings. The minimum atomic E-state index is -2.68. The Morgan fingerprint density at radius 3 is 2.62 bits per heavy atom. The second-order valence-electron chi connectivity index (χ2n) is 9.87. The summed E-state index contributed by atoms with van der Waals surface area (Å²) >= 11 is 0. The van der Waals surface area contributed by atoms with Crippen LogP contribution in [-0.4, -0.2) is 42.1 Å². The summed E-state index contributed by atoms with van der Waals surface area (Å²) in [6.45, 7) is -0.131. The predicted octanol–water partition coefficient (Wildman–Crippen LogP) is 4.64. The van der Waals surface area contributed by atoms with Gasteiger partial charge in [-0.1, -0.05) is 6.07 Å². The van der Waals surface area contributed by atoms with Gasteiger partial charge in [-0.25, -0.2) is 13.8 Å². The first-order chi connectivity index (χ1) is 17.9. The summed E-state index contributed by atoms with van der Waals surface area (Å²) in [6, 6.07) is 12.6. The summed E-state index contributed by atoms with van der Waals surface area (Å²) in [7, 11) is 1.84. The number of fused-ring (bicyclic) bond motifs is 2. The molecule has 10 heteroatoms. The van der Waals surface area contributed by atoms with E-state index in [4.69, 9.17) is 4.74 Å². The minimum Gasteiger partial charge on any atom is -0.477 e. The molecular formula is C27H22F2N6O2. The monoisotopic (exact) mass is 500 g/mol. The average Bonchev–Trinajstić information content (AvgIpc) is 3.79. The molecule has 0 radical (unpaired) electrons. The Hall–Kier alpha value is -4.21. The molecule has 1 atom stereocenters. The molecule has 1 aromatic carbocycles. The molecular weight excluding hydrogens is 478 g/mol. The van der Waals surface area contributed by atoms with Gasteiger partial charge in [-0.2, -0.15) is 14.9 Å². The Balaban J connectivity index is 1.37. The minimum absolute atomic E-state index is 0.131. The number of aromatic nitrogens is 6. The van der Waals surface area contributed by atoms with Gasteiger partial charge >= 0.3 is 0 Å². The lowest BCUT2D eigenvalue weighted by Crippen LogP contribution is -2.23. The lowest BCUT2D eigenvalue weighted by atomic mass is 10.1. The van der Waals surface area contributed by atoms with Gasteiger partial charge in [0.05, 0.1) is 29.3 Å². The third-order valence-electron chi connectivity index (χ3n) is 7.01. The number of pyridine rings is 2. The standard InChI is InChI=1S/C27H22F2N6O2/c1-34-13-17-10-19(5-7-21(17)32-34)35-26(36)24(16-4-6-20(30-12-16)15-2-3-15)25-22(33-35)8-9-23(31-25)37-14-18-11-27(18,28)29/h4-10,12-13,15,18H,2-3,11,14H2,1H3. The molecule has 0 spiro atoms. The Bertz CT molecular complexity index is 1740. The number of hydrogen-bond acceptors (Lipinski definition) is 6. The van der Waals surface area contributed by atoms with Gasteiger partial charge < -0.3 is 4.74 Å². The molecule has 2 saturated carbocycles. The van der Waals surface area contributed by atoms with Crippen molar-refractivity contribution in [2.24, 2.45) is 13.0 Å². The zero-order valence-corrected chi connectivity index (χ0v) is 19.9. The van der Waals surface area contributed by atoms with E-state index in [2.05, 4.69) is 20.2 Å². The van der Waals surface area contributed by atoms with Crippen molar-refractivity contribution < 1.29 is 13.5 Å². The van der Waals surface area contributed by atoms with Crippen LogP contribution in [-0.2, 0) is 7.05 Å². The van der Waals surface area contributed by atoms with Gasteiger partial charge in [0.1, 0.15) is 11.0 Å². The molecule has 8 nitrogen and oxygen atoms in total. The number of rotatable bonds is 6. The molecule has 0 N–H and O–H groups in total. The lowest BCUT2D eigenvalue weighted by Gasteiger charge is -2.12. The van der Waals surface area contributed by atoms with Gasteiger partial charge in [-0.05, 0) is 43.2 Å². The third-order valence-corrected chi connectivity index (χ3v) is 7.01. The SMILES string of the molecule is Cn1cc2cc(-n3nc4ccc(OCC5CC5(F)F)nc4c(-c4ccc(C5CC5)nc4)c3=O)ccc2n1. The van der Waals surface area contributed by atoms with Gasteiger partial charge in [0, 0.05) is 54.5 Å². The van der Waals surface area contributed by atoms with Gasteiger partial charge in [0.15, 0.2) is 0 Å². The number of alkyl halides is 2. The molecule has 0 saturated heterocycles. The Kier molecular flexibility index (Phi) is 4.70. The van der Waals surface area contributed by atoms with E-state index >= 15 is 0 Å². The quantitative estimate of drug-likeness (QED) is 0.338. The predicted molar refractivity (Wildman–Crippen MR) is 133 cm³/mol. The molecule has 37 heavy (non-hydrogen) atoms. The zero-order valence-electron chi connectivity index (χ0n) is 19.9. The second kappa shape index (κ2) is 7.89. The summed E-state index contributed by atoms with van der Waals surface area (Å²) in [5.74, 6) is -2.83. The van der Waals surface area contributed by atoms with Gasteiger partial charge in [-0.15, -0.1) is 0 Å². The maximum atomic E-state index is 13.9. The van der Waals surface area contributed by atoms with Gasteiger partial charge in [0.25, 0.3) is 11.5 Å². The van der Waals surface area contributed by atoms with Crippen LogP contribution in [0.15, 0.2) is 59.7 Å². The molecule has 0 bridgehead atoms. The average molecular weight is 501 g/mol. The topological polar surface area (TPSA) is 87.7 Å². The molecule has 7 rings (SSSR count). The van der Waals surface area contributed by atoms with Crippen LogP contribution in [0.25, 0.3) is 38.8 Å². The highest BCUT2D eigenvalue weighted by atomic mass is 19.3. The number of ether oxygens (including phenoxy) is 1. The smallest absolute Gasteiger partial charge is 0.281 e. The molecule has 2 aliphatic carbocycles. The van der Waals surface area contributed by atoms with Crippen LogP contribution in [0.2, 0.25) is 0 Å². The van der Waals surface area contributed by atoms with E-state index < -0.39 is 11.8 Å². The van der Waals surface area contributed by atoms with Crippen LogP contribution < -0.4 is 10.3 Å². The fourth-order valence-electron chi connectivity index (χ4n) is 4.65. The first-order valence-electron chi connectivity index (χ1n) is 12.2. The Morgan fingerprint density at radius 1 is 1.08 bits per heavy atom. The van der Waals surface area contributed by atoms with E-state index in [1.807, 2.05) is 37.5 Å². The van der Waals surface area contributed by atoms with E-state index in [-0.39, 0.29) is 24.5 Å². The van der Waals surface area contributed by atoms with Crippen molar-refractivity contribution in [3.63, 3.8) is 0 Å². The first-order valence-corrected chi connectivity index (χ1v) is 12.2. The molecule has 1 unspecified atom stereocenters. The van der Waals surface area contributed by atoms with Crippen molar-refractivity contribution in [2.75, 3.05) is 6.61 Å². The van der Waals surface area contributed by atoms with E-state index in [1.54, 1.807) is 29.1 Å². The molecule has 5 aromatic rings. The fourth-order valence-corrected chi connectivity index (χ4v) is 4.65. The van der Waals surface area contributed by atoms with E-state index in [1.165, 1.54) is 4.68 Å². The molecule has 4 heterocycles. The number of hydrogen-bond donors (Lipinski definition) is 0. The normalized spacial score (nSPS) is 18.4. The van der Waals surface area contributed by atoms with E-state index in [9.17, 15) is 13.6 Å². The van der Waals surface area contributed by atoms with Gasteiger partial charge in [0.2, 0.25) is 5.88 Å². The number of nitrogens with zero attached hydrogens (tertiary/aromatic N) is 6. The number of halogens is 2. The molecule has 2 aliphatic rings. The van der Waals surface area contributed by atoms with Crippen LogP contribution in [0, 0.1) is 5.92 Å². The summed E-state index contributed by atoms with van der Waals surface area (Å²) < 4.78 is 35.3. The van der Waals surface area contributed by atoms with Crippen molar-refractivity contribution in [1.29, 1.82) is 0 Å². The zero-order chi connectivity index (χ0) is 25.3. The Morgan fingerprint density at radius 2 is 1.89 bits per heavy atom. The highest BCUT2D eigenvalue weighted by molar-refractivity contribution is 5.91. The maximum Gasteiger partial charge on any atom is 0.281 e. The van der Waals surface area contributed by atoms with Crippen LogP contribution in [0.5, 0.6) is 5.88 Å². The summed E-state index contributed by atoms with van der Waals surface area (Å²) in [5.41, 5.74) is 3.78. The van der Waals surface area contributed by atoms with E-state index in [0.717, 1.165) is 29.4 Å². The van der Waals surface area contributed by atoms with Crippen LogP contribution >= 0.6 is 0 Å². The van der Waals surface area contributed by atoms with Crippen LogP contribution in [0.4, 0.5) is 8.78 Å². The Labute approximate surface area is 209 Å². The fraction of sp³-hybridized carbons (Fsp3) is 0.296. The van der Waals surface area contributed by atoms with E-state index in [0.29, 0.717) is 33.8 Å².